The molecule has 24 heavy (non-hydrogen) atoms. The Kier molecular flexibility index (Phi) is 5.40. The minimum Gasteiger partial charge on any atom is -0.255 e. The van der Waals surface area contributed by atoms with E-state index >= 15 is 0 Å². The molecule has 3 aromatic heterocycles. The summed E-state index contributed by atoms with van der Waals surface area (Å²) >= 11 is 2.83. The third-order valence-corrected chi connectivity index (χ3v) is 7.45. The van der Waals surface area contributed by atoms with Crippen molar-refractivity contribution in [3.05, 3.63) is 51.8 Å². The van der Waals surface area contributed by atoms with Gasteiger partial charge in [-0.25, -0.2) is 18.1 Å². The van der Waals surface area contributed by atoms with Crippen LogP contribution in [0.3, 0.4) is 0 Å². The Morgan fingerprint density at radius 3 is 2.75 bits per heavy atom. The van der Waals surface area contributed by atoms with Crippen molar-refractivity contribution in [3.8, 4) is 11.4 Å². The van der Waals surface area contributed by atoms with Crippen molar-refractivity contribution < 1.29 is 8.42 Å². The van der Waals surface area contributed by atoms with Gasteiger partial charge in [0.05, 0.1) is 16.4 Å². The minimum atomic E-state index is -3.43. The summed E-state index contributed by atoms with van der Waals surface area (Å²) in [5, 5.41) is 2.83. The first-order valence-electron chi connectivity index (χ1n) is 7.52. The Hall–Kier alpha value is -1.61. The first kappa shape index (κ1) is 17.2. The highest BCUT2D eigenvalue weighted by atomic mass is 32.2. The van der Waals surface area contributed by atoms with E-state index in [0.717, 1.165) is 27.7 Å². The maximum Gasteiger partial charge on any atom is 0.250 e. The number of nitrogens with zero attached hydrogens (tertiary/aromatic N) is 2. The lowest BCUT2D eigenvalue weighted by Crippen LogP contribution is -2.25. The number of nitrogens with one attached hydrogen (secondary N) is 1. The molecule has 1 N–H and O–H groups in total. The van der Waals surface area contributed by atoms with E-state index in [1.54, 1.807) is 12.3 Å². The van der Waals surface area contributed by atoms with Crippen LogP contribution in [0.25, 0.3) is 11.4 Å². The van der Waals surface area contributed by atoms with Crippen LogP contribution < -0.4 is 4.72 Å². The summed E-state index contributed by atoms with van der Waals surface area (Å²) < 4.78 is 27.5. The molecular formula is C16H17N3O2S3. The van der Waals surface area contributed by atoms with Crippen molar-refractivity contribution in [2.24, 2.45) is 0 Å². The maximum atomic E-state index is 12.3. The van der Waals surface area contributed by atoms with Crippen molar-refractivity contribution in [1.29, 1.82) is 0 Å². The number of thiophene rings is 1. The lowest BCUT2D eigenvalue weighted by atomic mass is 10.3. The fourth-order valence-corrected chi connectivity index (χ4v) is 5.28. The van der Waals surface area contributed by atoms with Crippen LogP contribution in [0, 0.1) is 0 Å². The van der Waals surface area contributed by atoms with Crippen LogP contribution in [0.4, 0.5) is 0 Å². The van der Waals surface area contributed by atoms with E-state index in [0.29, 0.717) is 17.2 Å². The zero-order valence-electron chi connectivity index (χ0n) is 13.1. The van der Waals surface area contributed by atoms with Crippen LogP contribution in [0.15, 0.2) is 46.1 Å². The predicted octanol–water partition coefficient (Wildman–Crippen LogP) is 3.35. The van der Waals surface area contributed by atoms with Crippen molar-refractivity contribution in [2.45, 2.75) is 24.0 Å². The zero-order chi connectivity index (χ0) is 17.0. The Bertz CT molecular complexity index is 902. The number of hydrogen-bond donors (Lipinski definition) is 1. The largest absolute Gasteiger partial charge is 0.255 e. The molecule has 0 aliphatic carbocycles. The Morgan fingerprint density at radius 1 is 1.17 bits per heavy atom. The van der Waals surface area contributed by atoms with Crippen LogP contribution in [0.1, 0.15) is 16.8 Å². The van der Waals surface area contributed by atoms with E-state index in [2.05, 4.69) is 14.7 Å². The molecule has 0 saturated carbocycles. The molecule has 0 bridgehead atoms. The molecule has 0 aliphatic rings. The number of sulfonamides is 1. The summed E-state index contributed by atoms with van der Waals surface area (Å²) in [5.74, 6) is 0. The summed E-state index contributed by atoms with van der Waals surface area (Å²) in [6, 6.07) is 9.21. The fraction of sp³-hybridized carbons (Fsp3) is 0.250. The molecule has 0 saturated heterocycles. The molecule has 0 radical (unpaired) electrons. The van der Waals surface area contributed by atoms with Crippen LogP contribution >= 0.6 is 22.7 Å². The lowest BCUT2D eigenvalue weighted by molar-refractivity contribution is 0.583. The summed E-state index contributed by atoms with van der Waals surface area (Å²) in [6.45, 7) is 2.34. The second-order valence-electron chi connectivity index (χ2n) is 5.06. The molecule has 0 fully saturated rings. The molecule has 8 heteroatoms. The smallest absolute Gasteiger partial charge is 0.250 e. The summed E-state index contributed by atoms with van der Waals surface area (Å²) in [4.78, 5) is 9.85. The monoisotopic (exact) mass is 379 g/mol. The molecule has 0 aromatic carbocycles. The standard InChI is InChI=1S/C16H17N3O2S3/c1-2-12-6-7-16(23-12)24(20,21)18-10-8-15-19-14(11-22-15)13-5-3-4-9-17-13/h3-7,9,11,18H,2,8,10H2,1H3. The number of hydrogen-bond acceptors (Lipinski definition) is 6. The third-order valence-electron chi connectivity index (χ3n) is 3.36. The van der Waals surface area contributed by atoms with Crippen LogP contribution in [0.2, 0.25) is 0 Å². The van der Waals surface area contributed by atoms with Crippen LogP contribution in [-0.2, 0) is 22.9 Å². The van der Waals surface area contributed by atoms with Crippen molar-refractivity contribution in [3.63, 3.8) is 0 Å². The summed E-state index contributed by atoms with van der Waals surface area (Å²) in [5.41, 5.74) is 1.65. The topological polar surface area (TPSA) is 72.0 Å². The lowest BCUT2D eigenvalue weighted by Gasteiger charge is -2.03. The third kappa shape index (κ3) is 4.07. The Balaban J connectivity index is 1.59. The van der Waals surface area contributed by atoms with Gasteiger partial charge in [-0.3, -0.25) is 4.98 Å². The fourth-order valence-electron chi connectivity index (χ4n) is 2.11. The SMILES string of the molecule is CCc1ccc(S(=O)(=O)NCCc2nc(-c3ccccn3)cs2)s1. The van der Waals surface area contributed by atoms with Crippen molar-refractivity contribution in [2.75, 3.05) is 6.54 Å². The zero-order valence-corrected chi connectivity index (χ0v) is 15.5. The molecule has 3 aromatic rings. The van der Waals surface area contributed by atoms with E-state index in [1.165, 1.54) is 22.7 Å². The summed E-state index contributed by atoms with van der Waals surface area (Å²) in [7, 11) is -3.43. The van der Waals surface area contributed by atoms with Gasteiger partial charge in [0.15, 0.2) is 0 Å². The highest BCUT2D eigenvalue weighted by molar-refractivity contribution is 7.91. The van der Waals surface area contributed by atoms with Gasteiger partial charge in [-0.05, 0) is 30.7 Å². The van der Waals surface area contributed by atoms with Gasteiger partial charge in [-0.15, -0.1) is 22.7 Å². The summed E-state index contributed by atoms with van der Waals surface area (Å²) in [6.07, 6.45) is 3.13. The second-order valence-corrected chi connectivity index (χ2v) is 9.17. The molecule has 3 heterocycles. The van der Waals surface area contributed by atoms with Gasteiger partial charge in [-0.2, -0.15) is 0 Å². The first-order valence-corrected chi connectivity index (χ1v) is 10.7. The van der Waals surface area contributed by atoms with Gasteiger partial charge >= 0.3 is 0 Å². The molecular weight excluding hydrogens is 362 g/mol. The molecule has 0 spiro atoms. The Labute approximate surface area is 149 Å². The van der Waals surface area contributed by atoms with Gasteiger partial charge in [-0.1, -0.05) is 13.0 Å². The van der Waals surface area contributed by atoms with Gasteiger partial charge in [0.25, 0.3) is 0 Å². The van der Waals surface area contributed by atoms with E-state index < -0.39 is 10.0 Å². The normalized spacial score (nSPS) is 11.7. The molecule has 0 atom stereocenters. The second kappa shape index (κ2) is 7.52. The van der Waals surface area contributed by atoms with Gasteiger partial charge in [0, 0.05) is 29.4 Å². The first-order chi connectivity index (χ1) is 11.6. The highest BCUT2D eigenvalue weighted by Gasteiger charge is 2.16. The molecule has 0 unspecified atom stereocenters. The molecule has 0 amide bonds. The van der Waals surface area contributed by atoms with Crippen LogP contribution in [-0.4, -0.2) is 24.9 Å². The maximum absolute atomic E-state index is 12.3. The molecule has 0 aliphatic heterocycles. The van der Waals surface area contributed by atoms with Gasteiger partial charge in [0.1, 0.15) is 4.21 Å². The quantitative estimate of drug-likeness (QED) is 0.683. The minimum absolute atomic E-state index is 0.330. The van der Waals surface area contributed by atoms with Gasteiger partial charge in [0.2, 0.25) is 10.0 Å². The van der Waals surface area contributed by atoms with Crippen LogP contribution in [0.5, 0.6) is 0 Å². The van der Waals surface area contributed by atoms with E-state index in [-0.39, 0.29) is 0 Å². The molecule has 3 rings (SSSR count). The number of thiazole rings is 1. The average molecular weight is 380 g/mol. The number of aromatic nitrogens is 2. The number of rotatable bonds is 7. The van der Waals surface area contributed by atoms with Crippen molar-refractivity contribution in [1.82, 2.24) is 14.7 Å². The van der Waals surface area contributed by atoms with E-state index in [4.69, 9.17) is 0 Å². The molecule has 5 nitrogen and oxygen atoms in total. The Morgan fingerprint density at radius 2 is 2.04 bits per heavy atom. The van der Waals surface area contributed by atoms with Crippen molar-refractivity contribution >= 4 is 32.7 Å². The van der Waals surface area contributed by atoms with E-state index in [9.17, 15) is 8.42 Å². The van der Waals surface area contributed by atoms with Gasteiger partial charge < -0.3 is 0 Å². The highest BCUT2D eigenvalue weighted by Crippen LogP contribution is 2.22. The number of aryl methyl sites for hydroxylation is 1. The van der Waals surface area contributed by atoms with E-state index in [1.807, 2.05) is 36.6 Å². The molecule has 126 valence electrons. The predicted molar refractivity (Wildman–Crippen MR) is 97.9 cm³/mol. The number of pyridine rings is 1. The average Bonchev–Trinajstić information content (AvgIpc) is 3.25.